The number of fused-ring (bicyclic) bond motifs is 1. The number of nitrogens with zero attached hydrogens (tertiary/aromatic N) is 4. The molecule has 0 saturated carbocycles. The number of rotatable bonds is 7. The van der Waals surface area contributed by atoms with Gasteiger partial charge in [-0.1, -0.05) is 36.4 Å². The lowest BCUT2D eigenvalue weighted by Gasteiger charge is -2.32. The van der Waals surface area contributed by atoms with Crippen LogP contribution in [0.3, 0.4) is 0 Å². The quantitative estimate of drug-likeness (QED) is 0.290. The van der Waals surface area contributed by atoms with E-state index in [4.69, 9.17) is 4.74 Å². The molecule has 1 aliphatic rings. The van der Waals surface area contributed by atoms with Crippen molar-refractivity contribution < 1.29 is 14.3 Å². The lowest BCUT2D eigenvalue weighted by atomic mass is 9.89. The van der Waals surface area contributed by atoms with E-state index in [-0.39, 0.29) is 18.2 Å². The summed E-state index contributed by atoms with van der Waals surface area (Å²) in [5, 5.41) is 7.09. The first-order valence-corrected chi connectivity index (χ1v) is 13.4. The van der Waals surface area contributed by atoms with Crippen molar-refractivity contribution in [2.75, 3.05) is 18.4 Å². The van der Waals surface area contributed by atoms with Gasteiger partial charge in [-0.05, 0) is 84.5 Å². The molecule has 0 spiro atoms. The number of amides is 2. The highest BCUT2D eigenvalue weighted by Gasteiger charge is 2.24. The lowest BCUT2D eigenvalue weighted by Crippen LogP contribution is -2.37. The molecule has 1 fully saturated rings. The number of hydrogen-bond acceptors (Lipinski definition) is 5. The first-order valence-electron chi connectivity index (χ1n) is 13.4. The molecular weight excluding hydrogens is 502 g/mol. The molecule has 0 radical (unpaired) electrons. The van der Waals surface area contributed by atoms with Crippen molar-refractivity contribution in [1.82, 2.24) is 19.5 Å². The van der Waals surface area contributed by atoms with Crippen molar-refractivity contribution in [3.05, 3.63) is 120 Å². The number of aromatic nitrogens is 3. The maximum Gasteiger partial charge on any atom is 0.253 e. The molecule has 8 nitrogen and oxygen atoms in total. The van der Waals surface area contributed by atoms with Gasteiger partial charge in [-0.25, -0.2) is 9.50 Å². The molecule has 5 aromatic rings. The third-order valence-corrected chi connectivity index (χ3v) is 7.23. The average molecular weight is 532 g/mol. The molecule has 2 aromatic heterocycles. The monoisotopic (exact) mass is 531 g/mol. The van der Waals surface area contributed by atoms with Crippen molar-refractivity contribution in [3.63, 3.8) is 0 Å². The van der Waals surface area contributed by atoms with Crippen molar-refractivity contribution in [2.24, 2.45) is 0 Å². The zero-order valence-corrected chi connectivity index (χ0v) is 21.9. The molecule has 0 atom stereocenters. The van der Waals surface area contributed by atoms with Crippen LogP contribution in [0.2, 0.25) is 0 Å². The molecule has 3 heterocycles. The Hall–Kier alpha value is -4.98. The van der Waals surface area contributed by atoms with E-state index < -0.39 is 0 Å². The molecular formula is C32H29N5O3. The van der Waals surface area contributed by atoms with E-state index in [1.165, 1.54) is 11.9 Å². The van der Waals surface area contributed by atoms with E-state index in [1.54, 1.807) is 4.52 Å². The van der Waals surface area contributed by atoms with Crippen LogP contribution in [0.1, 0.15) is 40.2 Å². The number of benzene rings is 3. The number of para-hydroxylation sites is 1. The second-order valence-corrected chi connectivity index (χ2v) is 9.95. The summed E-state index contributed by atoms with van der Waals surface area (Å²) in [6.45, 7) is 1.42. The van der Waals surface area contributed by atoms with Gasteiger partial charge in [-0.15, -0.1) is 0 Å². The van der Waals surface area contributed by atoms with Gasteiger partial charge in [0.15, 0.2) is 5.65 Å². The molecule has 8 heteroatoms. The Kier molecular flexibility index (Phi) is 7.22. The number of pyridine rings is 1. The number of carbonyl (C=O) groups is 2. The summed E-state index contributed by atoms with van der Waals surface area (Å²) in [4.78, 5) is 31.7. The molecule has 6 rings (SSSR count). The van der Waals surface area contributed by atoms with Crippen LogP contribution in [-0.2, 0) is 11.2 Å². The van der Waals surface area contributed by atoms with Crippen molar-refractivity contribution in [3.8, 4) is 11.5 Å². The van der Waals surface area contributed by atoms with E-state index in [9.17, 15) is 9.59 Å². The van der Waals surface area contributed by atoms with Crippen LogP contribution >= 0.6 is 0 Å². The molecule has 3 aromatic carbocycles. The zero-order valence-electron chi connectivity index (χ0n) is 21.9. The lowest BCUT2D eigenvalue weighted by molar-refractivity contribution is -0.115. The van der Waals surface area contributed by atoms with Crippen LogP contribution < -0.4 is 10.1 Å². The minimum atomic E-state index is -0.0845. The van der Waals surface area contributed by atoms with Gasteiger partial charge in [0.05, 0.1) is 6.42 Å². The maximum atomic E-state index is 13.1. The Morgan fingerprint density at radius 2 is 1.57 bits per heavy atom. The summed E-state index contributed by atoms with van der Waals surface area (Å²) in [6, 6.07) is 28.7. The molecule has 2 amide bonds. The fourth-order valence-electron chi connectivity index (χ4n) is 5.08. The number of nitrogens with one attached hydrogen (secondary N) is 1. The number of likely N-dealkylation sites (tertiary alicyclic amines) is 1. The highest BCUT2D eigenvalue weighted by atomic mass is 16.5. The van der Waals surface area contributed by atoms with Crippen LogP contribution in [-0.4, -0.2) is 44.4 Å². The Morgan fingerprint density at radius 1 is 0.850 bits per heavy atom. The number of ether oxygens (including phenoxy) is 1. The number of piperidine rings is 1. The van der Waals surface area contributed by atoms with Crippen LogP contribution in [0, 0.1) is 0 Å². The van der Waals surface area contributed by atoms with Gasteiger partial charge in [0.2, 0.25) is 5.91 Å². The van der Waals surface area contributed by atoms with Crippen molar-refractivity contribution >= 4 is 23.1 Å². The van der Waals surface area contributed by atoms with Crippen LogP contribution in [0.15, 0.2) is 104 Å². The molecule has 1 aliphatic heterocycles. The third-order valence-electron chi connectivity index (χ3n) is 7.23. The summed E-state index contributed by atoms with van der Waals surface area (Å²) in [7, 11) is 0. The van der Waals surface area contributed by atoms with Crippen LogP contribution in [0.5, 0.6) is 11.5 Å². The number of anilines is 1. The van der Waals surface area contributed by atoms with Crippen LogP contribution in [0.25, 0.3) is 5.65 Å². The Balaban J connectivity index is 0.990. The van der Waals surface area contributed by atoms with E-state index in [0.29, 0.717) is 30.3 Å². The largest absolute Gasteiger partial charge is 0.457 e. The fraction of sp³-hybridized carbons (Fsp3) is 0.188. The predicted octanol–water partition coefficient (Wildman–Crippen LogP) is 5.72. The molecule has 40 heavy (non-hydrogen) atoms. The van der Waals surface area contributed by atoms with Crippen molar-refractivity contribution in [2.45, 2.75) is 25.2 Å². The molecule has 200 valence electrons. The van der Waals surface area contributed by atoms with Gasteiger partial charge >= 0.3 is 0 Å². The highest BCUT2D eigenvalue weighted by Crippen LogP contribution is 2.30. The zero-order chi connectivity index (χ0) is 27.3. The fourth-order valence-corrected chi connectivity index (χ4v) is 5.08. The van der Waals surface area contributed by atoms with Gasteiger partial charge in [0.25, 0.3) is 5.91 Å². The summed E-state index contributed by atoms with van der Waals surface area (Å²) in [5.74, 6) is 1.81. The van der Waals surface area contributed by atoms with E-state index >= 15 is 0 Å². The summed E-state index contributed by atoms with van der Waals surface area (Å²) < 4.78 is 7.50. The second kappa shape index (κ2) is 11.4. The van der Waals surface area contributed by atoms with Gasteiger partial charge in [0.1, 0.15) is 17.8 Å². The first kappa shape index (κ1) is 25.3. The minimum Gasteiger partial charge on any atom is -0.457 e. The Morgan fingerprint density at radius 3 is 2.33 bits per heavy atom. The third kappa shape index (κ3) is 5.86. The minimum absolute atomic E-state index is 0.0470. The molecule has 0 aliphatic carbocycles. The van der Waals surface area contributed by atoms with E-state index in [1.807, 2.05) is 90.0 Å². The summed E-state index contributed by atoms with van der Waals surface area (Å²) >= 11 is 0. The molecule has 0 bridgehead atoms. The molecule has 1 N–H and O–H groups in total. The normalized spacial score (nSPS) is 13.8. The maximum absolute atomic E-state index is 13.1. The highest BCUT2D eigenvalue weighted by molar-refractivity contribution is 5.94. The second-order valence-electron chi connectivity index (χ2n) is 9.95. The smallest absolute Gasteiger partial charge is 0.253 e. The average Bonchev–Trinajstić information content (AvgIpc) is 3.46. The van der Waals surface area contributed by atoms with Gasteiger partial charge < -0.3 is 15.0 Å². The van der Waals surface area contributed by atoms with E-state index in [2.05, 4.69) is 27.5 Å². The summed E-state index contributed by atoms with van der Waals surface area (Å²) in [5.41, 5.74) is 4.27. The van der Waals surface area contributed by atoms with Gasteiger partial charge in [0, 0.05) is 30.5 Å². The first-order chi connectivity index (χ1) is 19.6. The van der Waals surface area contributed by atoms with Crippen LogP contribution in [0.4, 0.5) is 5.69 Å². The van der Waals surface area contributed by atoms with Crippen molar-refractivity contribution in [1.29, 1.82) is 0 Å². The van der Waals surface area contributed by atoms with Gasteiger partial charge in [-0.2, -0.15) is 5.10 Å². The Bertz CT molecular complexity index is 1610. The Labute approximate surface area is 232 Å². The number of hydrogen-bond donors (Lipinski definition) is 1. The summed E-state index contributed by atoms with van der Waals surface area (Å²) in [6.07, 6.45) is 5.36. The number of carbonyl (C=O) groups excluding carboxylic acids is 2. The molecule has 0 unspecified atom stereocenters. The van der Waals surface area contributed by atoms with E-state index in [0.717, 1.165) is 35.5 Å². The SMILES string of the molecule is O=C(Cc1ccc2ncnn2c1)Nc1ccc(C2CCN(C(=O)c3ccc(Oc4ccccc4)cc3)CC2)cc1. The standard InChI is InChI=1S/C32H29N5O3/c38-31(20-23-6-15-30-33-22-34-37(30)21-23)35-27-11-7-24(8-12-27)25-16-18-36(19-17-25)32(39)26-9-13-29(14-10-26)40-28-4-2-1-3-5-28/h1-15,21-22,25H,16-20H2,(H,35,38). The van der Waals surface area contributed by atoms with Gasteiger partial charge in [-0.3, -0.25) is 9.59 Å². The molecule has 1 saturated heterocycles. The topological polar surface area (TPSA) is 88.8 Å². The predicted molar refractivity (Wildman–Crippen MR) is 153 cm³/mol.